The van der Waals surface area contributed by atoms with Gasteiger partial charge in [-0.3, -0.25) is 4.79 Å². The van der Waals surface area contributed by atoms with E-state index in [1.807, 2.05) is 0 Å². The van der Waals surface area contributed by atoms with E-state index in [2.05, 4.69) is 27.7 Å². The highest BCUT2D eigenvalue weighted by Gasteiger charge is 2.31. The first-order valence-corrected chi connectivity index (χ1v) is 6.08. The molecule has 1 atom stereocenters. The van der Waals surface area contributed by atoms with Crippen LogP contribution in [-0.4, -0.2) is 17.5 Å². The molecule has 1 saturated heterocycles. The van der Waals surface area contributed by atoms with Crippen LogP contribution in [0, 0.1) is 5.92 Å². The van der Waals surface area contributed by atoms with Crippen LogP contribution in [0.4, 0.5) is 0 Å². The number of carbonyl (C=O) groups excluding carboxylic acids is 1. The Balaban J connectivity index is 2.18. The molecule has 15 heavy (non-hydrogen) atoms. The number of ketones is 1. The maximum absolute atomic E-state index is 11.5. The van der Waals surface area contributed by atoms with Crippen LogP contribution in [0.15, 0.2) is 0 Å². The lowest BCUT2D eigenvalue weighted by molar-refractivity contribution is -0.120. The predicted molar refractivity (Wildman–Crippen MR) is 61.9 cm³/mol. The van der Waals surface area contributed by atoms with Crippen molar-refractivity contribution in [2.45, 2.75) is 71.5 Å². The molecule has 1 rings (SSSR count). The lowest BCUT2D eigenvalue weighted by Crippen LogP contribution is -2.20. The minimum Gasteiger partial charge on any atom is -0.372 e. The fourth-order valence-electron chi connectivity index (χ4n) is 2.16. The van der Waals surface area contributed by atoms with Gasteiger partial charge >= 0.3 is 0 Å². The van der Waals surface area contributed by atoms with E-state index >= 15 is 0 Å². The first-order valence-electron chi connectivity index (χ1n) is 6.08. The summed E-state index contributed by atoms with van der Waals surface area (Å²) in [4.78, 5) is 11.5. The maximum atomic E-state index is 11.5. The quantitative estimate of drug-likeness (QED) is 0.698. The van der Waals surface area contributed by atoms with Crippen LogP contribution in [-0.2, 0) is 9.53 Å². The second-order valence-corrected chi connectivity index (χ2v) is 5.71. The molecule has 0 bridgehead atoms. The van der Waals surface area contributed by atoms with Crippen LogP contribution in [0.5, 0.6) is 0 Å². The topological polar surface area (TPSA) is 26.3 Å². The molecule has 1 aliphatic rings. The van der Waals surface area contributed by atoms with Crippen molar-refractivity contribution in [2.75, 3.05) is 0 Å². The van der Waals surface area contributed by atoms with Gasteiger partial charge in [0.1, 0.15) is 5.78 Å². The average molecular weight is 212 g/mol. The lowest BCUT2D eigenvalue weighted by atomic mass is 10.0. The molecule has 1 aliphatic heterocycles. The van der Waals surface area contributed by atoms with Crippen molar-refractivity contribution in [1.82, 2.24) is 0 Å². The van der Waals surface area contributed by atoms with E-state index in [1.54, 1.807) is 0 Å². The van der Waals surface area contributed by atoms with Crippen molar-refractivity contribution in [3.05, 3.63) is 0 Å². The van der Waals surface area contributed by atoms with E-state index in [9.17, 15) is 4.79 Å². The number of Topliss-reactive ketones (excluding diaryl/α,β-unsaturated/α-hetero) is 1. The Morgan fingerprint density at radius 2 is 2.13 bits per heavy atom. The van der Waals surface area contributed by atoms with Crippen LogP contribution in [0.3, 0.4) is 0 Å². The summed E-state index contributed by atoms with van der Waals surface area (Å²) in [7, 11) is 0. The van der Waals surface area contributed by atoms with Crippen LogP contribution in [0.1, 0.15) is 59.8 Å². The van der Waals surface area contributed by atoms with Gasteiger partial charge in [0.05, 0.1) is 11.7 Å². The van der Waals surface area contributed by atoms with E-state index in [-0.39, 0.29) is 5.60 Å². The number of rotatable bonds is 5. The molecular formula is C13H24O2. The highest BCUT2D eigenvalue weighted by atomic mass is 16.5. The molecule has 0 N–H and O–H groups in total. The molecule has 0 amide bonds. The smallest absolute Gasteiger partial charge is 0.133 e. The predicted octanol–water partition coefficient (Wildman–Crippen LogP) is 3.34. The molecule has 88 valence electrons. The van der Waals surface area contributed by atoms with Gasteiger partial charge in [-0.1, -0.05) is 13.8 Å². The van der Waals surface area contributed by atoms with Crippen molar-refractivity contribution < 1.29 is 9.53 Å². The van der Waals surface area contributed by atoms with Gasteiger partial charge in [-0.05, 0) is 39.0 Å². The first kappa shape index (κ1) is 12.7. The van der Waals surface area contributed by atoms with Crippen molar-refractivity contribution in [1.29, 1.82) is 0 Å². The SMILES string of the molecule is CC(C)CC(=O)CCC1CCC(C)(C)O1. The van der Waals surface area contributed by atoms with Gasteiger partial charge in [0.15, 0.2) is 0 Å². The van der Waals surface area contributed by atoms with Crippen LogP contribution >= 0.6 is 0 Å². The van der Waals surface area contributed by atoms with Gasteiger partial charge in [0, 0.05) is 12.8 Å². The van der Waals surface area contributed by atoms with Gasteiger partial charge < -0.3 is 4.74 Å². The van der Waals surface area contributed by atoms with Gasteiger partial charge in [-0.2, -0.15) is 0 Å². The average Bonchev–Trinajstić information content (AvgIpc) is 2.41. The van der Waals surface area contributed by atoms with Crippen molar-refractivity contribution in [2.24, 2.45) is 5.92 Å². The fourth-order valence-corrected chi connectivity index (χ4v) is 2.16. The Labute approximate surface area is 93.4 Å². The molecular weight excluding hydrogens is 188 g/mol. The Kier molecular flexibility index (Phi) is 4.32. The summed E-state index contributed by atoms with van der Waals surface area (Å²) < 4.78 is 5.85. The maximum Gasteiger partial charge on any atom is 0.133 e. The zero-order valence-electron chi connectivity index (χ0n) is 10.5. The Morgan fingerprint density at radius 1 is 1.47 bits per heavy atom. The van der Waals surface area contributed by atoms with Crippen LogP contribution in [0.2, 0.25) is 0 Å². The van der Waals surface area contributed by atoms with Crippen molar-refractivity contribution in [3.63, 3.8) is 0 Å². The number of ether oxygens (including phenoxy) is 1. The molecule has 0 spiro atoms. The summed E-state index contributed by atoms with van der Waals surface area (Å²) in [6, 6.07) is 0. The molecule has 2 nitrogen and oxygen atoms in total. The third-order valence-electron chi connectivity index (χ3n) is 2.94. The molecule has 0 aliphatic carbocycles. The number of carbonyl (C=O) groups is 1. The minimum atomic E-state index is 0.0335. The fraction of sp³-hybridized carbons (Fsp3) is 0.923. The third kappa shape index (κ3) is 4.78. The third-order valence-corrected chi connectivity index (χ3v) is 2.94. The summed E-state index contributed by atoms with van der Waals surface area (Å²) >= 11 is 0. The van der Waals surface area contributed by atoms with Gasteiger partial charge in [0.2, 0.25) is 0 Å². The van der Waals surface area contributed by atoms with Crippen molar-refractivity contribution in [3.8, 4) is 0 Å². The van der Waals surface area contributed by atoms with Crippen LogP contribution < -0.4 is 0 Å². The molecule has 1 heterocycles. The standard InChI is InChI=1S/C13H24O2/c1-10(2)9-11(14)5-6-12-7-8-13(3,4)15-12/h10,12H,5-9H2,1-4H3. The molecule has 2 heteroatoms. The lowest BCUT2D eigenvalue weighted by Gasteiger charge is -2.19. The highest BCUT2D eigenvalue weighted by molar-refractivity contribution is 5.78. The molecule has 0 radical (unpaired) electrons. The van der Waals surface area contributed by atoms with E-state index in [4.69, 9.17) is 4.74 Å². The summed E-state index contributed by atoms with van der Waals surface area (Å²) in [5.74, 6) is 0.872. The molecule has 0 aromatic rings. The summed E-state index contributed by atoms with van der Waals surface area (Å²) in [6.07, 6.45) is 4.87. The van der Waals surface area contributed by atoms with E-state index in [0.717, 1.165) is 25.7 Å². The van der Waals surface area contributed by atoms with Crippen molar-refractivity contribution >= 4 is 5.78 Å². The molecule has 0 saturated carbocycles. The minimum absolute atomic E-state index is 0.0335. The van der Waals surface area contributed by atoms with Gasteiger partial charge in [-0.15, -0.1) is 0 Å². The Hall–Kier alpha value is -0.370. The zero-order chi connectivity index (χ0) is 11.5. The monoisotopic (exact) mass is 212 g/mol. The second kappa shape index (κ2) is 5.11. The summed E-state index contributed by atoms with van der Waals surface area (Å²) in [5, 5.41) is 0. The Morgan fingerprint density at radius 3 is 2.60 bits per heavy atom. The highest BCUT2D eigenvalue weighted by Crippen LogP contribution is 2.31. The van der Waals surface area contributed by atoms with E-state index in [0.29, 0.717) is 24.2 Å². The summed E-state index contributed by atoms with van der Waals surface area (Å²) in [5.41, 5.74) is 0.0335. The van der Waals surface area contributed by atoms with Gasteiger partial charge in [-0.25, -0.2) is 0 Å². The summed E-state index contributed by atoms with van der Waals surface area (Å²) in [6.45, 7) is 8.44. The van der Waals surface area contributed by atoms with E-state index in [1.165, 1.54) is 0 Å². The largest absolute Gasteiger partial charge is 0.372 e. The number of hydrogen-bond acceptors (Lipinski definition) is 2. The van der Waals surface area contributed by atoms with E-state index < -0.39 is 0 Å². The number of hydrogen-bond donors (Lipinski definition) is 0. The normalized spacial score (nSPS) is 24.7. The molecule has 0 aromatic heterocycles. The van der Waals surface area contributed by atoms with Crippen LogP contribution in [0.25, 0.3) is 0 Å². The first-order chi connectivity index (χ1) is 6.89. The second-order valence-electron chi connectivity index (χ2n) is 5.71. The van der Waals surface area contributed by atoms with Gasteiger partial charge in [0.25, 0.3) is 0 Å². The zero-order valence-corrected chi connectivity index (χ0v) is 10.5. The molecule has 1 unspecified atom stereocenters. The molecule has 0 aromatic carbocycles. The Bertz CT molecular complexity index is 219. The molecule has 1 fully saturated rings.